The molecule has 19 heavy (non-hydrogen) atoms. The fourth-order valence-electron chi connectivity index (χ4n) is 3.65. The van der Waals surface area contributed by atoms with Gasteiger partial charge in [-0.15, -0.1) is 0 Å². The van der Waals surface area contributed by atoms with Crippen LogP contribution in [0, 0.1) is 11.8 Å². The minimum Gasteiger partial charge on any atom is -0.396 e. The summed E-state index contributed by atoms with van der Waals surface area (Å²) in [5, 5.41) is 9.31. The van der Waals surface area contributed by atoms with Crippen molar-refractivity contribution < 1.29 is 19.4 Å². The summed E-state index contributed by atoms with van der Waals surface area (Å²) in [6.45, 7) is 2.95. The SMILES string of the molecule is O=C(C1CCOCC1)N1CCO[C@H]2C[C@H](CO)C[C@@H]21. The Bertz CT molecular complexity index is 329. The van der Waals surface area contributed by atoms with E-state index in [0.29, 0.717) is 26.4 Å². The summed E-state index contributed by atoms with van der Waals surface area (Å²) in [5.41, 5.74) is 0. The molecule has 0 unspecified atom stereocenters. The van der Waals surface area contributed by atoms with E-state index in [2.05, 4.69) is 0 Å². The van der Waals surface area contributed by atoms with Crippen LogP contribution in [0.15, 0.2) is 0 Å². The maximum Gasteiger partial charge on any atom is 0.226 e. The number of hydrogen-bond acceptors (Lipinski definition) is 4. The number of morpholine rings is 1. The zero-order chi connectivity index (χ0) is 13.2. The number of aliphatic hydroxyl groups is 1. The van der Waals surface area contributed by atoms with Crippen molar-refractivity contribution >= 4 is 5.91 Å². The first-order valence-corrected chi connectivity index (χ1v) is 7.40. The highest BCUT2D eigenvalue weighted by Gasteiger charge is 2.43. The molecular weight excluding hydrogens is 246 g/mol. The number of ether oxygens (including phenoxy) is 2. The van der Waals surface area contributed by atoms with E-state index in [1.807, 2.05) is 4.90 Å². The fraction of sp³-hybridized carbons (Fsp3) is 0.929. The molecule has 3 rings (SSSR count). The molecule has 0 aromatic heterocycles. The van der Waals surface area contributed by atoms with Crippen LogP contribution in [-0.4, -0.2) is 61.0 Å². The first kappa shape index (κ1) is 13.3. The van der Waals surface area contributed by atoms with Crippen LogP contribution in [0.5, 0.6) is 0 Å². The molecule has 3 aliphatic rings. The van der Waals surface area contributed by atoms with Gasteiger partial charge >= 0.3 is 0 Å². The lowest BCUT2D eigenvalue weighted by molar-refractivity contribution is -0.151. The highest BCUT2D eigenvalue weighted by molar-refractivity contribution is 5.79. The second kappa shape index (κ2) is 5.77. The third kappa shape index (κ3) is 2.64. The molecule has 0 aromatic carbocycles. The van der Waals surface area contributed by atoms with Crippen LogP contribution < -0.4 is 0 Å². The van der Waals surface area contributed by atoms with Gasteiger partial charge < -0.3 is 19.5 Å². The van der Waals surface area contributed by atoms with Gasteiger partial charge in [0.15, 0.2) is 0 Å². The predicted octanol–water partition coefficient (Wildman–Crippen LogP) is 0.411. The van der Waals surface area contributed by atoms with Gasteiger partial charge in [0.1, 0.15) is 0 Å². The average molecular weight is 269 g/mol. The zero-order valence-electron chi connectivity index (χ0n) is 11.3. The van der Waals surface area contributed by atoms with Crippen LogP contribution in [0.4, 0.5) is 0 Å². The van der Waals surface area contributed by atoms with Gasteiger partial charge in [-0.2, -0.15) is 0 Å². The number of amides is 1. The summed E-state index contributed by atoms with van der Waals surface area (Å²) >= 11 is 0. The number of fused-ring (bicyclic) bond motifs is 1. The smallest absolute Gasteiger partial charge is 0.226 e. The van der Waals surface area contributed by atoms with E-state index in [1.165, 1.54) is 0 Å². The van der Waals surface area contributed by atoms with Gasteiger partial charge in [-0.3, -0.25) is 4.79 Å². The molecule has 0 spiro atoms. The number of hydrogen-bond donors (Lipinski definition) is 1. The van der Waals surface area contributed by atoms with Crippen molar-refractivity contribution in [2.45, 2.75) is 37.8 Å². The Morgan fingerprint density at radius 3 is 2.74 bits per heavy atom. The lowest BCUT2D eigenvalue weighted by Crippen LogP contribution is -2.53. The van der Waals surface area contributed by atoms with Crippen LogP contribution in [0.3, 0.4) is 0 Å². The maximum absolute atomic E-state index is 12.6. The molecule has 108 valence electrons. The van der Waals surface area contributed by atoms with Crippen LogP contribution in [0.25, 0.3) is 0 Å². The molecule has 5 heteroatoms. The molecule has 3 fully saturated rings. The predicted molar refractivity (Wildman–Crippen MR) is 68.6 cm³/mol. The van der Waals surface area contributed by atoms with Crippen LogP contribution >= 0.6 is 0 Å². The highest BCUT2D eigenvalue weighted by Crippen LogP contribution is 2.35. The zero-order valence-corrected chi connectivity index (χ0v) is 11.3. The van der Waals surface area contributed by atoms with Gasteiger partial charge in [0, 0.05) is 32.3 Å². The Morgan fingerprint density at radius 1 is 1.21 bits per heavy atom. The lowest BCUT2D eigenvalue weighted by atomic mass is 9.96. The van der Waals surface area contributed by atoms with E-state index >= 15 is 0 Å². The molecule has 2 aliphatic heterocycles. The van der Waals surface area contributed by atoms with Gasteiger partial charge in [-0.25, -0.2) is 0 Å². The monoisotopic (exact) mass is 269 g/mol. The summed E-state index contributed by atoms with van der Waals surface area (Å²) in [7, 11) is 0. The summed E-state index contributed by atoms with van der Waals surface area (Å²) < 4.78 is 11.1. The topological polar surface area (TPSA) is 59.0 Å². The maximum atomic E-state index is 12.6. The van der Waals surface area contributed by atoms with E-state index in [-0.39, 0.29) is 36.5 Å². The van der Waals surface area contributed by atoms with Gasteiger partial charge in [0.25, 0.3) is 0 Å². The molecule has 1 amide bonds. The molecule has 0 radical (unpaired) electrons. The third-order valence-electron chi connectivity index (χ3n) is 4.75. The first-order valence-electron chi connectivity index (χ1n) is 7.40. The number of rotatable bonds is 2. The summed E-state index contributed by atoms with van der Waals surface area (Å²) in [6, 6.07) is 0.182. The Labute approximate surface area is 113 Å². The molecule has 2 heterocycles. The average Bonchev–Trinajstić information content (AvgIpc) is 2.90. The summed E-state index contributed by atoms with van der Waals surface area (Å²) in [4.78, 5) is 14.7. The third-order valence-corrected chi connectivity index (χ3v) is 4.75. The lowest BCUT2D eigenvalue weighted by Gasteiger charge is -2.40. The minimum atomic E-state index is 0.126. The van der Waals surface area contributed by atoms with Crippen molar-refractivity contribution in [2.75, 3.05) is 33.0 Å². The molecule has 0 bridgehead atoms. The van der Waals surface area contributed by atoms with E-state index in [9.17, 15) is 9.90 Å². The Balaban J connectivity index is 1.67. The largest absolute Gasteiger partial charge is 0.396 e. The molecule has 2 saturated heterocycles. The Hall–Kier alpha value is -0.650. The molecule has 1 aliphatic carbocycles. The standard InChI is InChI=1S/C14H23NO4/c16-9-10-7-12-13(8-10)19-6-3-15(12)14(17)11-1-4-18-5-2-11/h10-13,16H,1-9H2/t10-,12+,13+/m1/s1. The number of carbonyl (C=O) groups is 1. The van der Waals surface area contributed by atoms with Crippen molar-refractivity contribution in [2.24, 2.45) is 11.8 Å². The quantitative estimate of drug-likeness (QED) is 0.789. The molecule has 5 nitrogen and oxygen atoms in total. The van der Waals surface area contributed by atoms with Gasteiger partial charge in [0.05, 0.1) is 18.8 Å². The fourth-order valence-corrected chi connectivity index (χ4v) is 3.65. The van der Waals surface area contributed by atoms with Crippen molar-refractivity contribution in [1.29, 1.82) is 0 Å². The normalized spacial score (nSPS) is 36.3. The van der Waals surface area contributed by atoms with Crippen LogP contribution in [0.2, 0.25) is 0 Å². The van der Waals surface area contributed by atoms with E-state index in [1.54, 1.807) is 0 Å². The highest BCUT2D eigenvalue weighted by atomic mass is 16.5. The van der Waals surface area contributed by atoms with Crippen molar-refractivity contribution in [1.82, 2.24) is 4.90 Å². The second-order valence-corrected chi connectivity index (χ2v) is 5.91. The number of aliphatic hydroxyl groups excluding tert-OH is 1. The van der Waals surface area contributed by atoms with Gasteiger partial charge in [-0.05, 0) is 31.6 Å². The summed E-state index contributed by atoms with van der Waals surface area (Å²) in [5.74, 6) is 0.693. The molecule has 3 atom stereocenters. The first-order chi connectivity index (χ1) is 9.29. The number of carbonyl (C=O) groups excluding carboxylic acids is 1. The number of nitrogens with zero attached hydrogens (tertiary/aromatic N) is 1. The van der Waals surface area contributed by atoms with E-state index in [0.717, 1.165) is 25.7 Å². The Kier molecular flexibility index (Phi) is 4.05. The van der Waals surface area contributed by atoms with Crippen molar-refractivity contribution in [3.05, 3.63) is 0 Å². The molecule has 1 saturated carbocycles. The second-order valence-electron chi connectivity index (χ2n) is 5.91. The van der Waals surface area contributed by atoms with Crippen LogP contribution in [-0.2, 0) is 14.3 Å². The Morgan fingerprint density at radius 2 is 2.00 bits per heavy atom. The minimum absolute atomic E-state index is 0.126. The van der Waals surface area contributed by atoms with Gasteiger partial charge in [0.2, 0.25) is 5.91 Å². The van der Waals surface area contributed by atoms with E-state index in [4.69, 9.17) is 9.47 Å². The summed E-state index contributed by atoms with van der Waals surface area (Å²) in [6.07, 6.45) is 3.60. The van der Waals surface area contributed by atoms with Crippen molar-refractivity contribution in [3.63, 3.8) is 0 Å². The van der Waals surface area contributed by atoms with E-state index < -0.39 is 0 Å². The van der Waals surface area contributed by atoms with Gasteiger partial charge in [-0.1, -0.05) is 0 Å². The van der Waals surface area contributed by atoms with Crippen molar-refractivity contribution in [3.8, 4) is 0 Å². The molecular formula is C14H23NO4. The molecule has 0 aromatic rings. The molecule has 1 N–H and O–H groups in total. The van der Waals surface area contributed by atoms with Crippen LogP contribution in [0.1, 0.15) is 25.7 Å².